The lowest BCUT2D eigenvalue weighted by molar-refractivity contribution is -0.130. The Balaban J connectivity index is 1.95. The molecule has 0 saturated carbocycles. The van der Waals surface area contributed by atoms with Crippen LogP contribution >= 0.6 is 0 Å². The Bertz CT molecular complexity index is 725. The van der Waals surface area contributed by atoms with E-state index < -0.39 is 0 Å². The molecule has 22 heavy (non-hydrogen) atoms. The van der Waals surface area contributed by atoms with Crippen molar-refractivity contribution in [2.24, 2.45) is 5.10 Å². The number of aromatic nitrogens is 1. The first kappa shape index (κ1) is 14.3. The number of carbonyl (C=O) groups excluding carboxylic acids is 1. The molecular weight excluding hydrogens is 278 g/mol. The maximum Gasteiger partial charge on any atom is 0.246 e. The molecule has 0 aliphatic carbocycles. The van der Waals surface area contributed by atoms with Crippen molar-refractivity contribution in [2.75, 3.05) is 0 Å². The molecule has 3 rings (SSSR count). The van der Waals surface area contributed by atoms with Gasteiger partial charge in [0.25, 0.3) is 0 Å². The van der Waals surface area contributed by atoms with Crippen molar-refractivity contribution in [2.45, 2.75) is 26.8 Å². The first-order valence-corrected chi connectivity index (χ1v) is 7.18. The normalized spacial score (nSPS) is 14.9. The molecule has 0 N–H and O–H groups in total. The fraction of sp³-hybridized carbons (Fsp3) is 0.235. The van der Waals surface area contributed by atoms with Crippen LogP contribution in [0.5, 0.6) is 0 Å². The zero-order valence-corrected chi connectivity index (χ0v) is 12.6. The summed E-state index contributed by atoms with van der Waals surface area (Å²) in [6, 6.07) is 9.82. The van der Waals surface area contributed by atoms with Crippen molar-refractivity contribution in [3.8, 4) is 0 Å². The van der Waals surface area contributed by atoms with Gasteiger partial charge in [0.2, 0.25) is 5.91 Å². The Morgan fingerprint density at radius 2 is 2.00 bits per heavy atom. The Hall–Kier alpha value is -2.69. The van der Waals surface area contributed by atoms with E-state index in [2.05, 4.69) is 10.3 Å². The van der Waals surface area contributed by atoms with E-state index in [1.54, 1.807) is 0 Å². The van der Waals surface area contributed by atoms with Gasteiger partial charge < -0.3 is 4.52 Å². The first-order valence-electron chi connectivity index (χ1n) is 7.18. The van der Waals surface area contributed by atoms with Crippen molar-refractivity contribution < 1.29 is 9.32 Å². The van der Waals surface area contributed by atoms with Gasteiger partial charge in [0, 0.05) is 6.42 Å². The molecule has 2 aromatic rings. The summed E-state index contributed by atoms with van der Waals surface area (Å²) in [4.78, 5) is 12.2. The molecule has 0 fully saturated rings. The average Bonchev–Trinajstić information content (AvgIpc) is 2.74. The van der Waals surface area contributed by atoms with E-state index in [4.69, 9.17) is 4.52 Å². The number of hydrogen-bond acceptors (Lipinski definition) is 4. The molecule has 1 aromatic heterocycles. The third-order valence-electron chi connectivity index (χ3n) is 3.55. The standard InChI is InChI=1S/C17H17N3O2/c1-12-17(13(2)22-19-12)15-9-6-10-16(21)20(18-15)11-14-7-4-3-5-8-14/h3-9H,10-11H2,1-2H3. The summed E-state index contributed by atoms with van der Waals surface area (Å²) in [5, 5.41) is 10.00. The molecule has 0 spiro atoms. The highest BCUT2D eigenvalue weighted by Gasteiger charge is 2.20. The Morgan fingerprint density at radius 3 is 2.68 bits per heavy atom. The molecule has 5 heteroatoms. The molecule has 1 aliphatic heterocycles. The highest BCUT2D eigenvalue weighted by atomic mass is 16.5. The maximum absolute atomic E-state index is 12.2. The van der Waals surface area contributed by atoms with Crippen LogP contribution in [-0.2, 0) is 11.3 Å². The summed E-state index contributed by atoms with van der Waals surface area (Å²) in [7, 11) is 0. The zero-order chi connectivity index (χ0) is 15.5. The van der Waals surface area contributed by atoms with Crippen LogP contribution in [0.2, 0.25) is 0 Å². The van der Waals surface area contributed by atoms with Gasteiger partial charge in [-0.3, -0.25) is 4.79 Å². The van der Waals surface area contributed by atoms with Crippen molar-refractivity contribution in [1.82, 2.24) is 10.2 Å². The van der Waals surface area contributed by atoms with Gasteiger partial charge >= 0.3 is 0 Å². The lowest BCUT2D eigenvalue weighted by Gasteiger charge is -2.16. The van der Waals surface area contributed by atoms with Gasteiger partial charge in [-0.2, -0.15) is 5.10 Å². The van der Waals surface area contributed by atoms with Crippen molar-refractivity contribution in [3.05, 3.63) is 65.1 Å². The number of aryl methyl sites for hydroxylation is 2. The topological polar surface area (TPSA) is 58.7 Å². The van der Waals surface area contributed by atoms with E-state index in [0.717, 1.165) is 16.8 Å². The Labute approximate surface area is 128 Å². The fourth-order valence-electron chi connectivity index (χ4n) is 2.46. The summed E-state index contributed by atoms with van der Waals surface area (Å²) in [5.74, 6) is 0.678. The van der Waals surface area contributed by atoms with Gasteiger partial charge in [0.05, 0.1) is 23.5 Å². The monoisotopic (exact) mass is 295 g/mol. The zero-order valence-electron chi connectivity index (χ0n) is 12.6. The van der Waals surface area contributed by atoms with Crippen LogP contribution < -0.4 is 0 Å². The molecule has 1 aromatic carbocycles. The number of rotatable bonds is 3. The quantitative estimate of drug-likeness (QED) is 0.874. The summed E-state index contributed by atoms with van der Waals surface area (Å²) in [5.41, 5.74) is 3.37. The van der Waals surface area contributed by atoms with Crippen molar-refractivity contribution in [1.29, 1.82) is 0 Å². The van der Waals surface area contributed by atoms with Crippen LogP contribution in [0, 0.1) is 13.8 Å². The number of benzene rings is 1. The van der Waals surface area contributed by atoms with Crippen LogP contribution in [0.15, 0.2) is 52.1 Å². The Morgan fingerprint density at radius 1 is 1.23 bits per heavy atom. The average molecular weight is 295 g/mol. The smallest absolute Gasteiger partial charge is 0.246 e. The van der Waals surface area contributed by atoms with Crippen LogP contribution in [-0.4, -0.2) is 21.8 Å². The van der Waals surface area contributed by atoms with Crippen LogP contribution in [0.1, 0.15) is 29.0 Å². The molecule has 0 radical (unpaired) electrons. The van der Waals surface area contributed by atoms with Crippen LogP contribution in [0.25, 0.3) is 0 Å². The number of hydrogen-bond donors (Lipinski definition) is 0. The van der Waals surface area contributed by atoms with Gasteiger partial charge in [-0.05, 0) is 25.5 Å². The SMILES string of the molecule is Cc1noc(C)c1C1=NN(Cc2ccccc2)C(=O)CC=C1. The predicted molar refractivity (Wildman–Crippen MR) is 83.3 cm³/mol. The van der Waals surface area contributed by atoms with Crippen molar-refractivity contribution >= 4 is 11.6 Å². The van der Waals surface area contributed by atoms with Gasteiger partial charge in [0.15, 0.2) is 0 Å². The minimum atomic E-state index is -0.0261. The molecular formula is C17H17N3O2. The van der Waals surface area contributed by atoms with Gasteiger partial charge in [-0.25, -0.2) is 5.01 Å². The third-order valence-corrected chi connectivity index (χ3v) is 3.55. The Kier molecular flexibility index (Phi) is 3.87. The van der Waals surface area contributed by atoms with E-state index in [-0.39, 0.29) is 5.91 Å². The van der Waals surface area contributed by atoms with Crippen molar-refractivity contribution in [3.63, 3.8) is 0 Å². The summed E-state index contributed by atoms with van der Waals surface area (Å²) < 4.78 is 5.20. The summed E-state index contributed by atoms with van der Waals surface area (Å²) in [6.07, 6.45) is 4.02. The second-order valence-electron chi connectivity index (χ2n) is 5.23. The number of carbonyl (C=O) groups is 1. The van der Waals surface area contributed by atoms with E-state index in [0.29, 0.717) is 24.4 Å². The molecule has 5 nitrogen and oxygen atoms in total. The predicted octanol–water partition coefficient (Wildman–Crippen LogP) is 2.98. The second-order valence-corrected chi connectivity index (χ2v) is 5.23. The summed E-state index contributed by atoms with van der Waals surface area (Å²) >= 11 is 0. The highest BCUT2D eigenvalue weighted by molar-refractivity contribution is 6.11. The number of nitrogens with zero attached hydrogens (tertiary/aromatic N) is 3. The molecule has 112 valence electrons. The lowest BCUT2D eigenvalue weighted by Crippen LogP contribution is -2.25. The molecule has 0 bridgehead atoms. The third kappa shape index (κ3) is 2.83. The second kappa shape index (κ2) is 5.97. The van der Waals surface area contributed by atoms with E-state index in [1.165, 1.54) is 5.01 Å². The van der Waals surface area contributed by atoms with E-state index in [1.807, 2.05) is 56.3 Å². The maximum atomic E-state index is 12.2. The molecule has 2 heterocycles. The minimum Gasteiger partial charge on any atom is -0.361 e. The van der Waals surface area contributed by atoms with Crippen LogP contribution in [0.3, 0.4) is 0 Å². The first-order chi connectivity index (χ1) is 10.6. The highest BCUT2D eigenvalue weighted by Crippen LogP contribution is 2.18. The number of hydrazone groups is 1. The fourth-order valence-corrected chi connectivity index (χ4v) is 2.46. The molecule has 0 atom stereocenters. The lowest BCUT2D eigenvalue weighted by atomic mass is 10.1. The minimum absolute atomic E-state index is 0.0261. The van der Waals surface area contributed by atoms with E-state index >= 15 is 0 Å². The molecule has 1 aliphatic rings. The van der Waals surface area contributed by atoms with Gasteiger partial charge in [0.1, 0.15) is 5.76 Å². The molecule has 1 amide bonds. The summed E-state index contributed by atoms with van der Waals surface area (Å²) in [6.45, 7) is 4.17. The van der Waals surface area contributed by atoms with Gasteiger partial charge in [-0.1, -0.05) is 41.6 Å². The van der Waals surface area contributed by atoms with Gasteiger partial charge in [-0.15, -0.1) is 0 Å². The van der Waals surface area contributed by atoms with Crippen LogP contribution in [0.4, 0.5) is 0 Å². The molecule has 0 unspecified atom stereocenters. The number of allylic oxidation sites excluding steroid dienone is 1. The number of amides is 1. The largest absolute Gasteiger partial charge is 0.361 e. The molecule has 0 saturated heterocycles. The van der Waals surface area contributed by atoms with E-state index in [9.17, 15) is 4.79 Å².